The molecule has 1 fully saturated rings. The van der Waals surface area contributed by atoms with Gasteiger partial charge in [-0.2, -0.15) is 0 Å². The van der Waals surface area contributed by atoms with Gasteiger partial charge in [-0.05, 0) is 40.4 Å². The van der Waals surface area contributed by atoms with Gasteiger partial charge in [0.15, 0.2) is 0 Å². The molecule has 0 atom stereocenters. The van der Waals surface area contributed by atoms with Gasteiger partial charge in [-0.3, -0.25) is 4.79 Å². The first-order chi connectivity index (χ1) is 8.27. The highest BCUT2D eigenvalue weighted by atomic mass is 79.9. The molecule has 1 amide bonds. The van der Waals surface area contributed by atoms with Crippen LogP contribution in [0.3, 0.4) is 0 Å². The molecule has 2 rings (SSSR count). The van der Waals surface area contributed by atoms with Crippen LogP contribution in [0.2, 0.25) is 0 Å². The maximum atomic E-state index is 11.8. The first kappa shape index (κ1) is 12.6. The monoisotopic (exact) mass is 296 g/mol. The van der Waals surface area contributed by atoms with E-state index in [1.807, 2.05) is 6.07 Å². The second kappa shape index (κ2) is 6.15. The van der Waals surface area contributed by atoms with Crippen molar-refractivity contribution in [3.8, 4) is 0 Å². The molecule has 1 aliphatic carbocycles. The van der Waals surface area contributed by atoms with Gasteiger partial charge >= 0.3 is 0 Å². The van der Waals surface area contributed by atoms with Crippen LogP contribution in [0, 0.1) is 5.92 Å². The minimum Gasteiger partial charge on any atom is -0.351 e. The van der Waals surface area contributed by atoms with Gasteiger partial charge in [0.2, 0.25) is 0 Å². The van der Waals surface area contributed by atoms with Crippen LogP contribution >= 0.6 is 15.9 Å². The topological polar surface area (TPSA) is 42.0 Å². The van der Waals surface area contributed by atoms with Gasteiger partial charge in [-0.15, -0.1) is 0 Å². The third kappa shape index (κ3) is 3.53. The Hall–Kier alpha value is -0.900. The molecule has 0 aromatic carbocycles. The van der Waals surface area contributed by atoms with E-state index in [0.717, 1.165) is 23.4 Å². The van der Waals surface area contributed by atoms with Crippen molar-refractivity contribution in [3.63, 3.8) is 0 Å². The Morgan fingerprint density at radius 1 is 1.47 bits per heavy atom. The first-order valence-corrected chi connectivity index (χ1v) is 6.95. The summed E-state index contributed by atoms with van der Waals surface area (Å²) in [6, 6.07) is 3.64. The SMILES string of the molecule is O=C(NCCC1CCCC1)c1ncccc1Br. The highest BCUT2D eigenvalue weighted by molar-refractivity contribution is 9.10. The van der Waals surface area contributed by atoms with Gasteiger partial charge in [-0.1, -0.05) is 25.7 Å². The number of carbonyl (C=O) groups is 1. The van der Waals surface area contributed by atoms with Crippen molar-refractivity contribution in [2.24, 2.45) is 5.92 Å². The van der Waals surface area contributed by atoms with Crippen LogP contribution in [-0.4, -0.2) is 17.4 Å². The van der Waals surface area contributed by atoms with Crippen molar-refractivity contribution in [1.82, 2.24) is 10.3 Å². The van der Waals surface area contributed by atoms with E-state index in [4.69, 9.17) is 0 Å². The van der Waals surface area contributed by atoms with Gasteiger partial charge in [-0.25, -0.2) is 4.98 Å². The summed E-state index contributed by atoms with van der Waals surface area (Å²) < 4.78 is 0.748. The maximum absolute atomic E-state index is 11.8. The molecule has 1 aromatic heterocycles. The van der Waals surface area contributed by atoms with Crippen molar-refractivity contribution >= 4 is 21.8 Å². The van der Waals surface area contributed by atoms with Crippen LogP contribution in [0.5, 0.6) is 0 Å². The number of nitrogens with zero attached hydrogens (tertiary/aromatic N) is 1. The smallest absolute Gasteiger partial charge is 0.271 e. The lowest BCUT2D eigenvalue weighted by Crippen LogP contribution is -2.26. The lowest BCUT2D eigenvalue weighted by Gasteiger charge is -2.09. The summed E-state index contributed by atoms with van der Waals surface area (Å²) in [5.74, 6) is 0.720. The lowest BCUT2D eigenvalue weighted by atomic mass is 10.0. The Bertz CT molecular complexity index is 389. The minimum absolute atomic E-state index is 0.0875. The molecule has 1 aliphatic rings. The quantitative estimate of drug-likeness (QED) is 0.927. The van der Waals surface area contributed by atoms with Crippen molar-refractivity contribution < 1.29 is 4.79 Å². The van der Waals surface area contributed by atoms with Gasteiger partial charge in [0.25, 0.3) is 5.91 Å². The van der Waals surface area contributed by atoms with Crippen molar-refractivity contribution in [3.05, 3.63) is 28.5 Å². The molecule has 17 heavy (non-hydrogen) atoms. The van der Waals surface area contributed by atoms with Crippen LogP contribution in [0.25, 0.3) is 0 Å². The fourth-order valence-corrected chi connectivity index (χ4v) is 2.76. The van der Waals surface area contributed by atoms with Crippen molar-refractivity contribution in [2.45, 2.75) is 32.1 Å². The number of rotatable bonds is 4. The van der Waals surface area contributed by atoms with E-state index in [0.29, 0.717) is 5.69 Å². The Morgan fingerprint density at radius 2 is 2.24 bits per heavy atom. The molecule has 3 nitrogen and oxygen atoms in total. The number of hydrogen-bond donors (Lipinski definition) is 1. The molecule has 0 aliphatic heterocycles. The normalized spacial score (nSPS) is 16.1. The Labute approximate surface area is 110 Å². The summed E-state index contributed by atoms with van der Waals surface area (Å²) in [5.41, 5.74) is 0.471. The fourth-order valence-electron chi connectivity index (χ4n) is 2.33. The number of nitrogens with one attached hydrogen (secondary N) is 1. The standard InChI is InChI=1S/C13H17BrN2O/c14-11-6-3-8-15-12(11)13(17)16-9-7-10-4-1-2-5-10/h3,6,8,10H,1-2,4-5,7,9H2,(H,16,17). The first-order valence-electron chi connectivity index (χ1n) is 6.16. The van der Waals surface area contributed by atoms with Gasteiger partial charge in [0.1, 0.15) is 5.69 Å². The van der Waals surface area contributed by atoms with E-state index in [1.54, 1.807) is 12.3 Å². The average molecular weight is 297 g/mol. The van der Waals surface area contributed by atoms with Crippen LogP contribution in [-0.2, 0) is 0 Å². The number of carbonyl (C=O) groups excluding carboxylic acids is 1. The number of hydrogen-bond acceptors (Lipinski definition) is 2. The molecule has 0 bridgehead atoms. The lowest BCUT2D eigenvalue weighted by molar-refractivity contribution is 0.0945. The molecule has 1 aromatic rings. The molecule has 1 N–H and O–H groups in total. The number of aromatic nitrogens is 1. The number of halogens is 1. The van der Waals surface area contributed by atoms with Gasteiger partial charge < -0.3 is 5.32 Å². The van der Waals surface area contributed by atoms with E-state index in [2.05, 4.69) is 26.2 Å². The van der Waals surface area contributed by atoms with Crippen LogP contribution in [0.1, 0.15) is 42.6 Å². The number of amides is 1. The Balaban J connectivity index is 1.79. The molecule has 4 heteroatoms. The Kier molecular flexibility index (Phi) is 4.54. The predicted molar refractivity (Wildman–Crippen MR) is 70.8 cm³/mol. The van der Waals surface area contributed by atoms with Crippen molar-refractivity contribution in [1.29, 1.82) is 0 Å². The zero-order chi connectivity index (χ0) is 12.1. The van der Waals surface area contributed by atoms with Gasteiger partial charge in [0.05, 0.1) is 0 Å². The van der Waals surface area contributed by atoms with E-state index >= 15 is 0 Å². The second-order valence-electron chi connectivity index (χ2n) is 4.53. The zero-order valence-electron chi connectivity index (χ0n) is 9.79. The third-order valence-electron chi connectivity index (χ3n) is 3.29. The van der Waals surface area contributed by atoms with E-state index in [9.17, 15) is 4.79 Å². The van der Waals surface area contributed by atoms with Gasteiger partial charge in [0, 0.05) is 17.2 Å². The predicted octanol–water partition coefficient (Wildman–Crippen LogP) is 3.15. The van der Waals surface area contributed by atoms with Crippen molar-refractivity contribution in [2.75, 3.05) is 6.54 Å². The number of pyridine rings is 1. The molecule has 1 saturated carbocycles. The molecule has 0 unspecified atom stereocenters. The maximum Gasteiger partial charge on any atom is 0.271 e. The fraction of sp³-hybridized carbons (Fsp3) is 0.538. The zero-order valence-corrected chi connectivity index (χ0v) is 11.4. The molecular weight excluding hydrogens is 280 g/mol. The molecule has 92 valence electrons. The summed E-state index contributed by atoms with van der Waals surface area (Å²) in [6.45, 7) is 0.756. The summed E-state index contributed by atoms with van der Waals surface area (Å²) in [5, 5.41) is 2.94. The molecule has 0 saturated heterocycles. The van der Waals surface area contributed by atoms with Crippen LogP contribution in [0.15, 0.2) is 22.8 Å². The molecule has 0 radical (unpaired) electrons. The molecular formula is C13H17BrN2O. The van der Waals surface area contributed by atoms with Crippen LogP contribution < -0.4 is 5.32 Å². The van der Waals surface area contributed by atoms with E-state index in [-0.39, 0.29) is 5.91 Å². The molecule has 1 heterocycles. The van der Waals surface area contributed by atoms with E-state index in [1.165, 1.54) is 25.7 Å². The average Bonchev–Trinajstić information content (AvgIpc) is 2.82. The Morgan fingerprint density at radius 3 is 2.94 bits per heavy atom. The summed E-state index contributed by atoms with van der Waals surface area (Å²) in [6.07, 6.45) is 8.08. The highest BCUT2D eigenvalue weighted by Crippen LogP contribution is 2.26. The molecule has 0 spiro atoms. The minimum atomic E-state index is -0.0875. The summed E-state index contributed by atoms with van der Waals surface area (Å²) in [4.78, 5) is 15.9. The largest absolute Gasteiger partial charge is 0.351 e. The summed E-state index contributed by atoms with van der Waals surface area (Å²) in [7, 11) is 0. The summed E-state index contributed by atoms with van der Waals surface area (Å²) >= 11 is 3.33. The second-order valence-corrected chi connectivity index (χ2v) is 5.38. The third-order valence-corrected chi connectivity index (χ3v) is 3.93. The highest BCUT2D eigenvalue weighted by Gasteiger charge is 2.15. The van der Waals surface area contributed by atoms with E-state index < -0.39 is 0 Å². The van der Waals surface area contributed by atoms with Crippen LogP contribution in [0.4, 0.5) is 0 Å².